The molecule has 130 valence electrons. The van der Waals surface area contributed by atoms with Crippen LogP contribution in [0.1, 0.15) is 43.0 Å². The first-order valence-electron chi connectivity index (χ1n) is 8.94. The minimum absolute atomic E-state index is 0.250. The molecule has 0 N–H and O–H groups in total. The summed E-state index contributed by atoms with van der Waals surface area (Å²) in [5, 5.41) is 9.36. The van der Waals surface area contributed by atoms with E-state index in [1.54, 1.807) is 12.1 Å². The molecule has 1 aromatic heterocycles. The number of nitriles is 1. The summed E-state index contributed by atoms with van der Waals surface area (Å²) in [4.78, 5) is 4.38. The highest BCUT2D eigenvalue weighted by Crippen LogP contribution is 2.41. The maximum absolute atomic E-state index is 13.4. The molecule has 0 saturated heterocycles. The lowest BCUT2D eigenvalue weighted by molar-refractivity contribution is 0.362. The van der Waals surface area contributed by atoms with Crippen LogP contribution in [0.5, 0.6) is 0 Å². The zero-order chi connectivity index (χ0) is 18.1. The van der Waals surface area contributed by atoms with Gasteiger partial charge in [-0.15, -0.1) is 0 Å². The van der Waals surface area contributed by atoms with E-state index in [-0.39, 0.29) is 11.4 Å². The second-order valence-electron chi connectivity index (χ2n) is 7.12. The van der Waals surface area contributed by atoms with Gasteiger partial charge in [-0.1, -0.05) is 24.6 Å². The van der Waals surface area contributed by atoms with Gasteiger partial charge >= 0.3 is 0 Å². The lowest BCUT2D eigenvalue weighted by Gasteiger charge is -2.34. The normalized spacial score (nSPS) is 19.4. The van der Waals surface area contributed by atoms with E-state index in [1.807, 2.05) is 30.7 Å². The molecule has 1 aliphatic rings. The van der Waals surface area contributed by atoms with Gasteiger partial charge in [0.2, 0.25) is 0 Å². The molecule has 4 rings (SSSR count). The van der Waals surface area contributed by atoms with Crippen LogP contribution in [-0.2, 0) is 12.0 Å². The topological polar surface area (TPSA) is 41.6 Å². The summed E-state index contributed by atoms with van der Waals surface area (Å²) in [6, 6.07) is 14.6. The minimum Gasteiger partial charge on any atom is -0.325 e. The molecular formula is C22H20FN3. The average molecular weight is 345 g/mol. The Morgan fingerprint density at radius 1 is 1.15 bits per heavy atom. The molecule has 0 aliphatic carbocycles. The van der Waals surface area contributed by atoms with Crippen molar-refractivity contribution in [3.05, 3.63) is 77.6 Å². The molecule has 0 amide bonds. The Kier molecular flexibility index (Phi) is 4.08. The van der Waals surface area contributed by atoms with Crippen molar-refractivity contribution in [2.45, 2.75) is 38.1 Å². The summed E-state index contributed by atoms with van der Waals surface area (Å²) in [7, 11) is 0. The highest BCUT2D eigenvalue weighted by Gasteiger charge is 2.34. The van der Waals surface area contributed by atoms with Crippen molar-refractivity contribution >= 4 is 0 Å². The van der Waals surface area contributed by atoms with Crippen LogP contribution in [0, 0.1) is 17.1 Å². The van der Waals surface area contributed by atoms with Gasteiger partial charge in [0.25, 0.3) is 0 Å². The predicted molar refractivity (Wildman–Crippen MR) is 99.1 cm³/mol. The van der Waals surface area contributed by atoms with Crippen LogP contribution >= 0.6 is 0 Å². The van der Waals surface area contributed by atoms with Crippen molar-refractivity contribution in [1.82, 2.24) is 9.55 Å². The number of imidazole rings is 1. The quantitative estimate of drug-likeness (QED) is 0.652. The third-order valence-corrected chi connectivity index (χ3v) is 5.48. The van der Waals surface area contributed by atoms with Gasteiger partial charge in [0.1, 0.15) is 5.82 Å². The lowest BCUT2D eigenvalue weighted by atomic mass is 9.81. The van der Waals surface area contributed by atoms with Crippen LogP contribution in [0.15, 0.2) is 55.0 Å². The zero-order valence-corrected chi connectivity index (χ0v) is 14.7. The van der Waals surface area contributed by atoms with Crippen molar-refractivity contribution in [3.63, 3.8) is 0 Å². The molecule has 0 radical (unpaired) electrons. The second kappa shape index (κ2) is 6.42. The third kappa shape index (κ3) is 2.70. The number of halogens is 1. The van der Waals surface area contributed by atoms with Crippen LogP contribution < -0.4 is 0 Å². The van der Waals surface area contributed by atoms with Gasteiger partial charge in [0.15, 0.2) is 0 Å². The number of hydrogen-bond donors (Lipinski definition) is 0. The van der Waals surface area contributed by atoms with Gasteiger partial charge < -0.3 is 4.57 Å². The number of hydrogen-bond acceptors (Lipinski definition) is 2. The number of fused-ring (bicyclic) bond motifs is 1. The molecule has 26 heavy (non-hydrogen) atoms. The Morgan fingerprint density at radius 3 is 2.73 bits per heavy atom. The molecule has 2 heterocycles. The van der Waals surface area contributed by atoms with Gasteiger partial charge in [-0.2, -0.15) is 5.26 Å². The third-order valence-electron chi connectivity index (χ3n) is 5.48. The molecule has 4 heteroatoms. The summed E-state index contributed by atoms with van der Waals surface area (Å²) < 4.78 is 15.7. The van der Waals surface area contributed by atoms with Gasteiger partial charge in [-0.25, -0.2) is 9.37 Å². The highest BCUT2D eigenvalue weighted by atomic mass is 19.1. The molecule has 1 unspecified atom stereocenters. The molecular weight excluding hydrogens is 325 g/mol. The predicted octanol–water partition coefficient (Wildman–Crippen LogP) is 5.05. The van der Waals surface area contributed by atoms with E-state index in [0.717, 1.165) is 42.4 Å². The molecule has 1 aliphatic heterocycles. The summed E-state index contributed by atoms with van der Waals surface area (Å²) in [5.74, 6) is -0.260. The first kappa shape index (κ1) is 16.5. The fraction of sp³-hybridized carbons (Fsp3) is 0.273. The summed E-state index contributed by atoms with van der Waals surface area (Å²) in [6.45, 7) is 2.23. The minimum atomic E-state index is -0.260. The first-order valence-corrected chi connectivity index (χ1v) is 8.94. The Labute approximate surface area is 152 Å². The van der Waals surface area contributed by atoms with Gasteiger partial charge in [-0.05, 0) is 67.1 Å². The summed E-state index contributed by atoms with van der Waals surface area (Å²) >= 11 is 0. The van der Waals surface area contributed by atoms with E-state index < -0.39 is 0 Å². The average Bonchev–Trinajstić information content (AvgIpc) is 3.08. The molecule has 0 spiro atoms. The van der Waals surface area contributed by atoms with Crippen molar-refractivity contribution in [1.29, 1.82) is 5.26 Å². The van der Waals surface area contributed by atoms with E-state index in [1.165, 1.54) is 17.8 Å². The molecule has 0 saturated carbocycles. The number of aromatic nitrogens is 2. The van der Waals surface area contributed by atoms with Crippen molar-refractivity contribution in [2.75, 3.05) is 0 Å². The Morgan fingerprint density at radius 2 is 1.96 bits per heavy atom. The summed E-state index contributed by atoms with van der Waals surface area (Å²) in [5.41, 5.74) is 4.64. The first-order chi connectivity index (χ1) is 12.6. The number of aryl methyl sites for hydroxylation is 1. The summed E-state index contributed by atoms with van der Waals surface area (Å²) in [6.07, 6.45) is 8.15. The van der Waals surface area contributed by atoms with Crippen molar-refractivity contribution in [2.24, 2.45) is 0 Å². The van der Waals surface area contributed by atoms with E-state index in [9.17, 15) is 9.65 Å². The molecule has 1 atom stereocenters. The molecule has 0 fully saturated rings. The van der Waals surface area contributed by atoms with Crippen LogP contribution in [0.4, 0.5) is 4.39 Å². The zero-order valence-electron chi connectivity index (χ0n) is 14.7. The fourth-order valence-corrected chi connectivity index (χ4v) is 4.06. The second-order valence-corrected chi connectivity index (χ2v) is 7.12. The highest BCUT2D eigenvalue weighted by molar-refractivity contribution is 5.70. The standard InChI is InChI=1S/C22H20FN3/c1-22(11-3-2-4-19-14-25-15-26(19)22)21-10-5-16(13-24)12-20(21)17-6-8-18(23)9-7-17/h5-10,12,14-15H,2-4,11H2,1H3. The van der Waals surface area contributed by atoms with Crippen LogP contribution in [0.3, 0.4) is 0 Å². The van der Waals surface area contributed by atoms with Crippen LogP contribution in [-0.4, -0.2) is 9.55 Å². The van der Waals surface area contributed by atoms with Crippen molar-refractivity contribution < 1.29 is 4.39 Å². The Hall–Kier alpha value is -2.93. The SMILES string of the molecule is CC1(c2ccc(C#N)cc2-c2ccc(F)cc2)CCCCc2cncn21. The van der Waals surface area contributed by atoms with E-state index >= 15 is 0 Å². The number of rotatable bonds is 2. The smallest absolute Gasteiger partial charge is 0.123 e. The van der Waals surface area contributed by atoms with Gasteiger partial charge in [0, 0.05) is 11.9 Å². The van der Waals surface area contributed by atoms with E-state index in [2.05, 4.69) is 22.5 Å². The van der Waals surface area contributed by atoms with Gasteiger partial charge in [0.05, 0.1) is 23.5 Å². The van der Waals surface area contributed by atoms with Crippen LogP contribution in [0.25, 0.3) is 11.1 Å². The molecule has 3 aromatic rings. The Balaban J connectivity index is 1.95. The Bertz CT molecular complexity index is 981. The lowest BCUT2D eigenvalue weighted by Crippen LogP contribution is -2.32. The molecule has 0 bridgehead atoms. The number of nitrogens with zero attached hydrogens (tertiary/aromatic N) is 3. The maximum atomic E-state index is 13.4. The largest absolute Gasteiger partial charge is 0.325 e. The van der Waals surface area contributed by atoms with Crippen LogP contribution in [0.2, 0.25) is 0 Å². The van der Waals surface area contributed by atoms with E-state index in [4.69, 9.17) is 0 Å². The number of benzene rings is 2. The van der Waals surface area contributed by atoms with E-state index in [0.29, 0.717) is 5.56 Å². The molecule has 2 aromatic carbocycles. The maximum Gasteiger partial charge on any atom is 0.123 e. The fourth-order valence-electron chi connectivity index (χ4n) is 4.06. The van der Waals surface area contributed by atoms with Gasteiger partial charge in [-0.3, -0.25) is 0 Å². The monoisotopic (exact) mass is 345 g/mol. The van der Waals surface area contributed by atoms with Crippen molar-refractivity contribution in [3.8, 4) is 17.2 Å². The molecule has 3 nitrogen and oxygen atoms in total.